The van der Waals surface area contributed by atoms with E-state index in [4.69, 9.17) is 0 Å². The monoisotopic (exact) mass is 1250 g/mol. The van der Waals surface area contributed by atoms with Gasteiger partial charge in [-0.25, -0.2) is 8.42 Å². The quantitative estimate of drug-likeness (QED) is 0.0377. The molecule has 2 rings (SSSR count). The van der Waals surface area contributed by atoms with E-state index in [1.165, 1.54) is 404 Å². The molecule has 1 aromatic heterocycles. The Morgan fingerprint density at radius 3 is 0.750 bits per heavy atom. The Kier molecular flexibility index (Phi) is 61.3. The van der Waals surface area contributed by atoms with E-state index in [0.29, 0.717) is 12.0 Å². The molecule has 0 amide bonds. The number of rotatable bonds is 66. The molecule has 1 aromatic carbocycles. The second-order valence-corrected chi connectivity index (χ2v) is 29.4. The topological polar surface area (TPSA) is 61.1 Å². The number of nitrogens with zero attached hydrogens (tertiary/aromatic N) is 1. The van der Waals surface area contributed by atoms with Crippen molar-refractivity contribution in [3.8, 4) is 0 Å². The largest absolute Gasteiger partial charge is 0.744 e. The molecule has 0 N–H and O–H groups in total. The second kappa shape index (κ2) is 64.0. The van der Waals surface area contributed by atoms with Crippen LogP contribution >= 0.6 is 0 Å². The molecule has 0 atom stereocenters. The average molecular weight is 1250 g/mol. The fourth-order valence-electron chi connectivity index (χ4n) is 14.1. The lowest BCUT2D eigenvalue weighted by atomic mass is 9.85. The van der Waals surface area contributed by atoms with Crippen molar-refractivity contribution >= 4 is 10.1 Å². The van der Waals surface area contributed by atoms with Crippen molar-refractivity contribution in [3.63, 3.8) is 0 Å². The van der Waals surface area contributed by atoms with Gasteiger partial charge in [0.25, 0.3) is 0 Å². The highest BCUT2D eigenvalue weighted by atomic mass is 32.2. The lowest BCUT2D eigenvalue weighted by molar-refractivity contribution is -0.712. The van der Waals surface area contributed by atoms with Crippen LogP contribution in [0.2, 0.25) is 0 Å². The number of pyridine rings is 1. The van der Waals surface area contributed by atoms with E-state index in [1.807, 2.05) is 28.1 Å². The minimum absolute atomic E-state index is 0.0501. The molecular formula is C83H155NO3S. The van der Waals surface area contributed by atoms with Crippen LogP contribution in [0, 0.1) is 0 Å². The van der Waals surface area contributed by atoms with Crippen LogP contribution in [0.25, 0.3) is 0 Å². The van der Waals surface area contributed by atoms with Crippen molar-refractivity contribution in [2.75, 3.05) is 0 Å². The van der Waals surface area contributed by atoms with Crippen LogP contribution in [-0.4, -0.2) is 13.0 Å². The highest BCUT2D eigenvalue weighted by Gasteiger charge is 2.29. The molecule has 0 unspecified atom stereocenters. The normalized spacial score (nSPS) is 11.7. The van der Waals surface area contributed by atoms with Crippen LogP contribution in [0.4, 0.5) is 0 Å². The van der Waals surface area contributed by atoms with Crippen molar-refractivity contribution in [1.29, 1.82) is 0 Å². The predicted octanol–water partition coefficient (Wildman–Crippen LogP) is 27.6. The molecule has 0 spiro atoms. The molecule has 0 radical (unpaired) electrons. The number of unbranched alkanes of at least 4 members (excludes halogenated alkanes) is 51. The Labute approximate surface area is 553 Å². The number of aryl methyl sites for hydroxylation is 1. The van der Waals surface area contributed by atoms with E-state index >= 15 is 0 Å². The average Bonchev–Trinajstić information content (AvgIpc) is 0.898. The van der Waals surface area contributed by atoms with Gasteiger partial charge in [0.1, 0.15) is 16.7 Å². The van der Waals surface area contributed by atoms with Gasteiger partial charge in [-0.05, 0) is 87.8 Å². The second-order valence-electron chi connectivity index (χ2n) is 28.1. The summed E-state index contributed by atoms with van der Waals surface area (Å²) in [7, 11) is -4.35. The van der Waals surface area contributed by atoms with E-state index in [1.54, 1.807) is 18.2 Å². The molecule has 0 aliphatic rings. The summed E-state index contributed by atoms with van der Waals surface area (Å²) in [5, 5.41) is 0. The van der Waals surface area contributed by atoms with Gasteiger partial charge in [0.2, 0.25) is 0 Å². The maximum Gasteiger partial charge on any atom is 0.185 e. The first-order valence-electron chi connectivity index (χ1n) is 40.4. The first-order chi connectivity index (χ1) is 43.2. The molecule has 0 fully saturated rings. The highest BCUT2D eigenvalue weighted by Crippen LogP contribution is 2.31. The Morgan fingerprint density at radius 2 is 0.477 bits per heavy atom. The van der Waals surface area contributed by atoms with E-state index < -0.39 is 10.1 Å². The molecule has 0 aliphatic heterocycles. The highest BCUT2D eigenvalue weighted by molar-refractivity contribution is 7.85. The zero-order valence-corrected chi connectivity index (χ0v) is 61.7. The van der Waals surface area contributed by atoms with Crippen LogP contribution < -0.4 is 4.57 Å². The third-order valence-electron chi connectivity index (χ3n) is 19.7. The summed E-state index contributed by atoms with van der Waals surface area (Å²) in [6.45, 7) is 17.7. The van der Waals surface area contributed by atoms with Gasteiger partial charge in [-0.15, -0.1) is 0 Å². The van der Waals surface area contributed by atoms with Crippen LogP contribution in [-0.2, 0) is 55.2 Å². The molecule has 0 saturated heterocycles. The molecule has 88 heavy (non-hydrogen) atoms. The van der Waals surface area contributed by atoms with E-state index in [2.05, 4.69) is 53.0 Å². The minimum Gasteiger partial charge on any atom is -0.744 e. The summed E-state index contributed by atoms with van der Waals surface area (Å²) < 4.78 is 36.7. The zero-order valence-electron chi connectivity index (χ0n) is 60.9. The van der Waals surface area contributed by atoms with Crippen LogP contribution in [0.5, 0.6) is 0 Å². The first-order valence-corrected chi connectivity index (χ1v) is 41.8. The van der Waals surface area contributed by atoms with Crippen LogP contribution in [0.1, 0.15) is 455 Å². The van der Waals surface area contributed by atoms with Gasteiger partial charge in [-0.3, -0.25) is 0 Å². The minimum atomic E-state index is -4.35. The summed E-state index contributed by atoms with van der Waals surface area (Å²) >= 11 is 0. The summed E-state index contributed by atoms with van der Waals surface area (Å²) in [6.07, 6.45) is 88.5. The van der Waals surface area contributed by atoms with Gasteiger partial charge in [0.05, 0.1) is 4.90 Å². The molecule has 5 heteroatoms. The number of benzene rings is 1. The van der Waals surface area contributed by atoms with Crippen molar-refractivity contribution < 1.29 is 17.5 Å². The molecule has 0 bridgehead atoms. The van der Waals surface area contributed by atoms with E-state index in [-0.39, 0.29) is 4.90 Å². The lowest BCUT2D eigenvalue weighted by Gasteiger charge is -2.23. The maximum absolute atomic E-state index is 11.2. The number of hydrogen-bond donors (Lipinski definition) is 0. The predicted molar refractivity (Wildman–Crippen MR) is 391 cm³/mol. The zero-order chi connectivity index (χ0) is 63.9. The fourth-order valence-corrected chi connectivity index (χ4v) is 14.8. The number of hydrogen-bond acceptors (Lipinski definition) is 3. The van der Waals surface area contributed by atoms with Gasteiger partial charge in [-0.2, -0.15) is 4.57 Å². The Morgan fingerprint density at radius 1 is 0.261 bits per heavy atom. The smallest absolute Gasteiger partial charge is 0.185 e. The lowest BCUT2D eigenvalue weighted by Crippen LogP contribution is -2.46. The molecule has 4 nitrogen and oxygen atoms in total. The first kappa shape index (κ1) is 84.3. The van der Waals surface area contributed by atoms with Gasteiger partial charge in [0.15, 0.2) is 11.4 Å². The summed E-state index contributed by atoms with van der Waals surface area (Å²) in [5.41, 5.74) is 10.1. The molecule has 2 aromatic rings. The van der Waals surface area contributed by atoms with Crippen molar-refractivity contribution in [2.45, 2.75) is 471 Å². The van der Waals surface area contributed by atoms with E-state index in [9.17, 15) is 13.0 Å². The summed E-state index contributed by atoms with van der Waals surface area (Å²) in [4.78, 5) is -0.0501. The van der Waals surface area contributed by atoms with Gasteiger partial charge in [-0.1, -0.05) is 388 Å². The van der Waals surface area contributed by atoms with Crippen LogP contribution in [0.15, 0.2) is 29.2 Å². The molecule has 1 heterocycles. The molecular weight excluding hydrogens is 1090 g/mol. The number of aromatic nitrogens is 1. The van der Waals surface area contributed by atoms with Gasteiger partial charge >= 0.3 is 0 Å². The van der Waals surface area contributed by atoms with Crippen molar-refractivity contribution in [3.05, 3.63) is 57.9 Å². The van der Waals surface area contributed by atoms with Gasteiger partial charge < -0.3 is 4.55 Å². The standard InChI is InChI=1S/C65H126N.C18H30O3S/c1-7-13-19-25-31-37-43-49-55-61-62(56-50-44-38-32-26-20-14-8-2)64(58-52-46-40-34-28-22-16-10-4)66(60-54-48-42-36-30-24-18-12-6)65(59-53-47-41-35-29-23-17-11-5)63(61)57-51-45-39-33-27-21-15-9-3;1-2-3-4-5-6-7-8-9-10-11-14-17-15-12-13-16-18(17)22(19,20)21/h7-60H2,1-6H3;12-13,15-16H,2-11,14H2,1H3,(H,19,20,21)/q+1;/p-1. The Bertz CT molecular complexity index is 1640. The third kappa shape index (κ3) is 47.2. The Balaban J connectivity index is 0.00000147. The summed E-state index contributed by atoms with van der Waals surface area (Å²) in [5.74, 6) is 0. The fraction of sp³-hybridized carbons (Fsp3) is 0.867. The molecule has 0 saturated carbocycles. The summed E-state index contributed by atoms with van der Waals surface area (Å²) in [6, 6.07) is 6.56. The van der Waals surface area contributed by atoms with Crippen molar-refractivity contribution in [1.82, 2.24) is 0 Å². The van der Waals surface area contributed by atoms with E-state index in [0.717, 1.165) is 12.8 Å². The maximum atomic E-state index is 11.2. The van der Waals surface area contributed by atoms with Crippen LogP contribution in [0.3, 0.4) is 0 Å². The SMILES string of the molecule is CCCCCCCCCCCCc1ccccc1S(=O)(=O)[O-].CCCCCCCCCCc1c(CCCCCCCCCC)c(CCCCCCCCCC)[n+](CCCCCCCCCC)c(CCCCCCCCCC)c1CCCCCCCCCC. The Hall–Kier alpha value is -1.72. The van der Waals surface area contributed by atoms with Crippen molar-refractivity contribution in [2.24, 2.45) is 0 Å². The van der Waals surface area contributed by atoms with Gasteiger partial charge in [0, 0.05) is 30.4 Å². The molecule has 516 valence electrons. The molecule has 0 aliphatic carbocycles. The third-order valence-corrected chi connectivity index (χ3v) is 20.7.